The standard InChI is InChI=1S/C47H42S2Si/c1-32-30-44-40(34-22-26-38(27-23-34)48-36-14-6-4-7-15-36)18-10-12-20-42(44)46(32)50(3)47-33(2)31-45-41(19-11-13-21-43(45)47)35-24-28-39(29-25-35)49-37-16-8-5-9-17-37/h4-31,40-41,46-47,50H,1-3H3. The maximum atomic E-state index is 2.63. The van der Waals surface area contributed by atoms with E-state index in [1.165, 1.54) is 53.0 Å². The minimum absolute atomic E-state index is 0.265. The van der Waals surface area contributed by atoms with Gasteiger partial charge < -0.3 is 0 Å². The first-order chi connectivity index (χ1) is 24.5. The van der Waals surface area contributed by atoms with Crippen LogP contribution in [-0.2, 0) is 0 Å². The number of hydrogen-bond donors (Lipinski definition) is 0. The van der Waals surface area contributed by atoms with E-state index in [4.69, 9.17) is 0 Å². The fraction of sp³-hybridized carbons (Fsp3) is 0.149. The van der Waals surface area contributed by atoms with Gasteiger partial charge in [-0.3, -0.25) is 0 Å². The van der Waals surface area contributed by atoms with Crippen molar-refractivity contribution in [3.8, 4) is 0 Å². The SMILES string of the molecule is CC1=CC2=C(C=CC=CC2c2ccc(Sc3ccccc3)cc2)C1[SiH](C)C1C(C)=CC2=C1C=CC=CC2c1ccc(Sc2ccccc2)cc1. The Morgan fingerprint density at radius 3 is 1.22 bits per heavy atom. The zero-order valence-corrected chi connectivity index (χ0v) is 31.7. The Bertz CT molecular complexity index is 1970. The van der Waals surface area contributed by atoms with Crippen LogP contribution in [0.2, 0.25) is 17.6 Å². The van der Waals surface area contributed by atoms with Gasteiger partial charge in [0.25, 0.3) is 0 Å². The van der Waals surface area contributed by atoms with E-state index in [1.54, 1.807) is 11.1 Å². The molecule has 4 unspecified atom stereocenters. The summed E-state index contributed by atoms with van der Waals surface area (Å²) in [6.07, 6.45) is 23.8. The third-order valence-electron chi connectivity index (χ3n) is 10.6. The summed E-state index contributed by atoms with van der Waals surface area (Å²) in [6.45, 7) is 7.41. The molecule has 0 radical (unpaired) electrons. The maximum absolute atomic E-state index is 2.63. The Labute approximate surface area is 308 Å². The predicted octanol–water partition coefficient (Wildman–Crippen LogP) is 13.2. The minimum atomic E-state index is -1.41. The van der Waals surface area contributed by atoms with Crippen molar-refractivity contribution in [2.75, 3.05) is 0 Å². The summed E-state index contributed by atoms with van der Waals surface area (Å²) in [5, 5.41) is 0. The molecule has 0 nitrogen and oxygen atoms in total. The van der Waals surface area contributed by atoms with Gasteiger partial charge in [0.15, 0.2) is 0 Å². The van der Waals surface area contributed by atoms with Gasteiger partial charge in [0.05, 0.1) is 8.80 Å². The zero-order chi connectivity index (χ0) is 34.0. The van der Waals surface area contributed by atoms with Gasteiger partial charge in [-0.15, -0.1) is 0 Å². The summed E-state index contributed by atoms with van der Waals surface area (Å²) in [7, 11) is -1.41. The topological polar surface area (TPSA) is 0 Å². The molecule has 0 bridgehead atoms. The molecular weight excluding hydrogens is 657 g/mol. The molecule has 8 rings (SSSR count). The molecule has 50 heavy (non-hydrogen) atoms. The second-order valence-electron chi connectivity index (χ2n) is 13.8. The molecule has 4 aliphatic rings. The van der Waals surface area contributed by atoms with E-state index in [-0.39, 0.29) is 11.8 Å². The molecule has 0 aromatic heterocycles. The smallest absolute Gasteiger partial charge is 0.0598 e. The highest BCUT2D eigenvalue weighted by Gasteiger charge is 2.40. The molecule has 0 amide bonds. The maximum Gasteiger partial charge on any atom is 0.0598 e. The molecule has 0 aliphatic heterocycles. The molecule has 3 heteroatoms. The molecule has 246 valence electrons. The van der Waals surface area contributed by atoms with Gasteiger partial charge >= 0.3 is 0 Å². The van der Waals surface area contributed by atoms with E-state index in [9.17, 15) is 0 Å². The third kappa shape index (κ3) is 6.63. The van der Waals surface area contributed by atoms with E-state index < -0.39 is 8.80 Å². The Hall–Kier alpha value is -4.28. The molecule has 0 saturated heterocycles. The van der Waals surface area contributed by atoms with Crippen LogP contribution in [0.15, 0.2) is 223 Å². The van der Waals surface area contributed by atoms with Crippen molar-refractivity contribution in [2.45, 2.75) is 62.9 Å². The second-order valence-corrected chi connectivity index (χ2v) is 19.2. The average Bonchev–Trinajstić information content (AvgIpc) is 3.45. The molecule has 4 atom stereocenters. The van der Waals surface area contributed by atoms with Crippen LogP contribution in [0.3, 0.4) is 0 Å². The number of benzene rings is 4. The second kappa shape index (κ2) is 14.5. The van der Waals surface area contributed by atoms with Crippen LogP contribution in [0.1, 0.15) is 36.8 Å². The van der Waals surface area contributed by atoms with Crippen molar-refractivity contribution >= 4 is 32.3 Å². The first-order valence-corrected chi connectivity index (χ1v) is 21.9. The first-order valence-electron chi connectivity index (χ1n) is 17.7. The normalized spacial score (nSPS) is 22.9. The first kappa shape index (κ1) is 32.9. The van der Waals surface area contributed by atoms with Gasteiger partial charge in [-0.2, -0.15) is 0 Å². The lowest BCUT2D eigenvalue weighted by Gasteiger charge is -2.30. The van der Waals surface area contributed by atoms with E-state index in [2.05, 4.69) is 190 Å². The lowest BCUT2D eigenvalue weighted by Crippen LogP contribution is -2.25. The van der Waals surface area contributed by atoms with Crippen LogP contribution in [0.25, 0.3) is 0 Å². The Kier molecular flexibility index (Phi) is 9.55. The monoisotopic (exact) mass is 698 g/mol. The Morgan fingerprint density at radius 2 is 0.820 bits per heavy atom. The quantitative estimate of drug-likeness (QED) is 0.168. The molecule has 0 fully saturated rings. The average molecular weight is 699 g/mol. The van der Waals surface area contributed by atoms with Crippen LogP contribution >= 0.6 is 23.5 Å². The van der Waals surface area contributed by atoms with E-state index in [0.29, 0.717) is 11.1 Å². The summed E-state index contributed by atoms with van der Waals surface area (Å²) < 4.78 is 0. The van der Waals surface area contributed by atoms with Crippen molar-refractivity contribution < 1.29 is 0 Å². The molecule has 4 aromatic carbocycles. The summed E-state index contributed by atoms with van der Waals surface area (Å²) in [5.41, 5.74) is 12.9. The van der Waals surface area contributed by atoms with Crippen molar-refractivity contribution in [1.29, 1.82) is 0 Å². The van der Waals surface area contributed by atoms with Crippen LogP contribution in [-0.4, -0.2) is 8.80 Å². The lowest BCUT2D eigenvalue weighted by atomic mass is 9.89. The predicted molar refractivity (Wildman–Crippen MR) is 218 cm³/mol. The van der Waals surface area contributed by atoms with Gasteiger partial charge in [0.1, 0.15) is 0 Å². The van der Waals surface area contributed by atoms with Crippen molar-refractivity contribution in [1.82, 2.24) is 0 Å². The van der Waals surface area contributed by atoms with Crippen LogP contribution in [0, 0.1) is 0 Å². The highest BCUT2D eigenvalue weighted by molar-refractivity contribution is 7.99. The minimum Gasteiger partial charge on any atom is -0.0901 e. The van der Waals surface area contributed by atoms with E-state index in [0.717, 1.165) is 0 Å². The summed E-state index contributed by atoms with van der Waals surface area (Å²) in [6, 6.07) is 39.8. The molecule has 4 aliphatic carbocycles. The Morgan fingerprint density at radius 1 is 0.440 bits per heavy atom. The molecule has 0 heterocycles. The Balaban J connectivity index is 1.06. The zero-order valence-electron chi connectivity index (χ0n) is 28.9. The van der Waals surface area contributed by atoms with Crippen LogP contribution in [0.4, 0.5) is 0 Å². The van der Waals surface area contributed by atoms with Gasteiger partial charge in [-0.05, 0) is 107 Å². The summed E-state index contributed by atoms with van der Waals surface area (Å²) >= 11 is 3.65. The van der Waals surface area contributed by atoms with Crippen LogP contribution in [0.5, 0.6) is 0 Å². The van der Waals surface area contributed by atoms with Gasteiger partial charge in [0.2, 0.25) is 0 Å². The van der Waals surface area contributed by atoms with Crippen LogP contribution < -0.4 is 0 Å². The lowest BCUT2D eigenvalue weighted by molar-refractivity contribution is 0.995. The molecular formula is C47H42S2Si. The third-order valence-corrected chi connectivity index (χ3v) is 16.5. The van der Waals surface area contributed by atoms with Gasteiger partial charge in [0, 0.05) is 31.4 Å². The highest BCUT2D eigenvalue weighted by atomic mass is 32.2. The number of allylic oxidation sites excluding steroid dienone is 16. The molecule has 0 saturated carbocycles. The van der Waals surface area contributed by atoms with Gasteiger partial charge in [-0.1, -0.05) is 163 Å². The summed E-state index contributed by atoms with van der Waals surface area (Å²) in [4.78, 5) is 5.11. The summed E-state index contributed by atoms with van der Waals surface area (Å²) in [5.74, 6) is 0.530. The number of hydrogen-bond acceptors (Lipinski definition) is 2. The van der Waals surface area contributed by atoms with Crippen molar-refractivity contribution in [3.05, 3.63) is 215 Å². The largest absolute Gasteiger partial charge is 0.0901 e. The molecule has 0 N–H and O–H groups in total. The van der Waals surface area contributed by atoms with E-state index >= 15 is 0 Å². The van der Waals surface area contributed by atoms with Crippen molar-refractivity contribution in [3.63, 3.8) is 0 Å². The number of rotatable bonds is 8. The van der Waals surface area contributed by atoms with Gasteiger partial charge in [-0.25, -0.2) is 0 Å². The molecule has 4 aromatic rings. The highest BCUT2D eigenvalue weighted by Crippen LogP contribution is 2.54. The fourth-order valence-electron chi connectivity index (χ4n) is 8.41. The van der Waals surface area contributed by atoms with E-state index in [1.807, 2.05) is 23.5 Å². The fourth-order valence-corrected chi connectivity index (χ4v) is 14.1. The molecule has 0 spiro atoms. The van der Waals surface area contributed by atoms with Crippen molar-refractivity contribution in [2.24, 2.45) is 0 Å².